The van der Waals surface area contributed by atoms with Crippen molar-refractivity contribution in [1.29, 1.82) is 5.26 Å². The average molecular weight is 457 g/mol. The Bertz CT molecular complexity index is 1250. The molecule has 0 spiro atoms. The lowest BCUT2D eigenvalue weighted by atomic mass is 10.1. The van der Waals surface area contributed by atoms with Gasteiger partial charge in [-0.05, 0) is 31.8 Å². The summed E-state index contributed by atoms with van der Waals surface area (Å²) < 4.78 is 34.5. The molecular weight excluding hydrogens is 435 g/mol. The highest BCUT2D eigenvalue weighted by Gasteiger charge is 2.25. The molecule has 10 nitrogen and oxygen atoms in total. The molecule has 2 atom stereocenters. The molecule has 0 saturated carbocycles. The molecule has 32 heavy (non-hydrogen) atoms. The Morgan fingerprint density at radius 3 is 2.81 bits per heavy atom. The van der Waals surface area contributed by atoms with E-state index in [1.54, 1.807) is 21.0 Å². The fourth-order valence-corrected chi connectivity index (χ4v) is 3.40. The van der Waals surface area contributed by atoms with E-state index in [4.69, 9.17) is 10.5 Å². The molecule has 3 rings (SSSR count). The predicted molar refractivity (Wildman–Crippen MR) is 120 cm³/mol. The third kappa shape index (κ3) is 4.28. The van der Waals surface area contributed by atoms with Gasteiger partial charge in [-0.2, -0.15) is 10.4 Å². The van der Waals surface area contributed by atoms with Crippen molar-refractivity contribution >= 4 is 35.0 Å². The van der Waals surface area contributed by atoms with Gasteiger partial charge in [0.2, 0.25) is 0 Å². The molecule has 0 saturated heterocycles. The molecule has 2 N–H and O–H groups in total. The first-order valence-electron chi connectivity index (χ1n) is 9.28. The maximum atomic E-state index is 13.8. The van der Waals surface area contributed by atoms with E-state index < -0.39 is 22.9 Å². The Hall–Kier alpha value is -3.85. The molecule has 0 aliphatic rings. The van der Waals surface area contributed by atoms with Gasteiger partial charge in [0.25, 0.3) is 5.88 Å². The zero-order valence-electron chi connectivity index (χ0n) is 17.9. The van der Waals surface area contributed by atoms with Gasteiger partial charge in [0, 0.05) is 25.9 Å². The zero-order valence-corrected chi connectivity index (χ0v) is 18.7. The second kappa shape index (κ2) is 9.11. The minimum absolute atomic E-state index is 0.00138. The van der Waals surface area contributed by atoms with Crippen LogP contribution in [-0.2, 0) is 18.0 Å². The van der Waals surface area contributed by atoms with Crippen LogP contribution in [0.15, 0.2) is 29.4 Å². The van der Waals surface area contributed by atoms with Crippen molar-refractivity contribution < 1.29 is 13.3 Å². The summed E-state index contributed by atoms with van der Waals surface area (Å²) >= 11 is 0. The summed E-state index contributed by atoms with van der Waals surface area (Å²) in [6.45, 7) is 5.18. The second-order valence-electron chi connectivity index (χ2n) is 6.77. The smallest absolute Gasteiger partial charge is 0.258 e. The number of hydrogen-bond donors (Lipinski definition) is 1. The van der Waals surface area contributed by atoms with E-state index in [9.17, 15) is 13.9 Å². The summed E-state index contributed by atoms with van der Waals surface area (Å²) in [7, 11) is 1.78. The van der Waals surface area contributed by atoms with Crippen LogP contribution < -0.4 is 14.8 Å². The Kier molecular flexibility index (Phi) is 6.50. The Labute approximate surface area is 186 Å². The second-order valence-corrected chi connectivity index (χ2v) is 8.17. The van der Waals surface area contributed by atoms with Gasteiger partial charge in [-0.25, -0.2) is 18.6 Å². The average Bonchev–Trinajstić information content (AvgIpc) is 3.10. The standard InChI is InChI=1S/C20H21FN8O2S/c1-11(13-8-12(21)6-7-14(13)24-2)31-20-18(23)25-10-15(26-20)17-16(9-22)28(3)27-19(17)29(4)32(5)30/h6-8,10-11H,2H2,1,3-5H3,(H2,23,25). The number of nitrogens with two attached hydrogens (primary N) is 1. The van der Waals surface area contributed by atoms with Crippen molar-refractivity contribution in [2.45, 2.75) is 13.0 Å². The van der Waals surface area contributed by atoms with Crippen molar-refractivity contribution in [2.75, 3.05) is 23.3 Å². The maximum Gasteiger partial charge on any atom is 0.258 e. The number of ether oxygens (including phenoxy) is 1. The van der Waals surface area contributed by atoms with Crippen molar-refractivity contribution in [3.8, 4) is 23.2 Å². The van der Waals surface area contributed by atoms with Gasteiger partial charge in [-0.3, -0.25) is 14.0 Å². The maximum absolute atomic E-state index is 13.8. The summed E-state index contributed by atoms with van der Waals surface area (Å²) in [5, 5.41) is 13.9. The van der Waals surface area contributed by atoms with Gasteiger partial charge in [0.05, 0.1) is 23.1 Å². The first-order chi connectivity index (χ1) is 15.2. The number of aromatic nitrogens is 4. The molecule has 2 aromatic heterocycles. The van der Waals surface area contributed by atoms with Crippen LogP contribution >= 0.6 is 0 Å². The number of nitriles is 1. The number of rotatable bonds is 7. The largest absolute Gasteiger partial charge is 0.467 e. The highest BCUT2D eigenvalue weighted by atomic mass is 32.2. The predicted octanol–water partition coefficient (Wildman–Crippen LogP) is 2.67. The number of aryl methyl sites for hydroxylation is 1. The van der Waals surface area contributed by atoms with E-state index in [1.807, 2.05) is 0 Å². The molecule has 166 valence electrons. The van der Waals surface area contributed by atoms with Crippen LogP contribution in [0.5, 0.6) is 5.88 Å². The number of nitrogens with zero attached hydrogens (tertiary/aromatic N) is 7. The Morgan fingerprint density at radius 1 is 1.47 bits per heavy atom. The first-order valence-corrected chi connectivity index (χ1v) is 10.8. The van der Waals surface area contributed by atoms with Crippen molar-refractivity contribution in [1.82, 2.24) is 19.7 Å². The highest BCUT2D eigenvalue weighted by molar-refractivity contribution is 7.85. The minimum atomic E-state index is -1.40. The normalized spacial score (nSPS) is 12.6. The summed E-state index contributed by atoms with van der Waals surface area (Å²) in [4.78, 5) is 12.5. The van der Waals surface area contributed by atoms with E-state index >= 15 is 0 Å². The van der Waals surface area contributed by atoms with E-state index in [-0.39, 0.29) is 28.9 Å². The number of aliphatic imine (C=N–C) groups is 1. The molecule has 2 heterocycles. The summed E-state index contributed by atoms with van der Waals surface area (Å²) in [6, 6.07) is 6.13. The molecule has 3 aromatic rings. The van der Waals surface area contributed by atoms with Crippen LogP contribution in [0.2, 0.25) is 0 Å². The van der Waals surface area contributed by atoms with Crippen LogP contribution in [0, 0.1) is 17.1 Å². The molecule has 0 aliphatic carbocycles. The van der Waals surface area contributed by atoms with Gasteiger partial charge in [-0.15, -0.1) is 0 Å². The number of nitrogen functional groups attached to an aromatic ring is 1. The van der Waals surface area contributed by atoms with Gasteiger partial charge in [0.15, 0.2) is 11.6 Å². The van der Waals surface area contributed by atoms with E-state index in [0.717, 1.165) is 0 Å². The highest BCUT2D eigenvalue weighted by Crippen LogP contribution is 2.35. The van der Waals surface area contributed by atoms with Crippen LogP contribution in [0.4, 0.5) is 21.7 Å². The van der Waals surface area contributed by atoms with Crippen molar-refractivity contribution in [3.63, 3.8) is 0 Å². The van der Waals surface area contributed by atoms with Crippen molar-refractivity contribution in [3.05, 3.63) is 41.5 Å². The fourth-order valence-electron chi connectivity index (χ4n) is 3.03. The summed E-state index contributed by atoms with van der Waals surface area (Å²) in [5.41, 5.74) is 7.64. The summed E-state index contributed by atoms with van der Waals surface area (Å²) in [6.07, 6.45) is 2.17. The number of hydrogen-bond acceptors (Lipinski definition) is 8. The quantitative estimate of drug-likeness (QED) is 0.540. The topological polar surface area (TPSA) is 135 Å². The number of anilines is 2. The van der Waals surface area contributed by atoms with Gasteiger partial charge in [0.1, 0.15) is 34.7 Å². The van der Waals surface area contributed by atoms with Gasteiger partial charge in [-0.1, -0.05) is 0 Å². The molecule has 12 heteroatoms. The van der Waals surface area contributed by atoms with Gasteiger partial charge >= 0.3 is 0 Å². The van der Waals surface area contributed by atoms with Crippen LogP contribution in [-0.4, -0.2) is 44.0 Å². The third-order valence-electron chi connectivity index (χ3n) is 4.73. The zero-order chi connectivity index (χ0) is 23.6. The Morgan fingerprint density at radius 2 is 2.19 bits per heavy atom. The lowest BCUT2D eigenvalue weighted by Crippen LogP contribution is -2.20. The lowest BCUT2D eigenvalue weighted by Gasteiger charge is -2.18. The molecule has 0 aliphatic heterocycles. The third-order valence-corrected chi connectivity index (χ3v) is 5.67. The van der Waals surface area contributed by atoms with Crippen LogP contribution in [0.1, 0.15) is 24.3 Å². The van der Waals surface area contributed by atoms with Crippen LogP contribution in [0.3, 0.4) is 0 Å². The Balaban J connectivity index is 2.08. The minimum Gasteiger partial charge on any atom is -0.467 e. The lowest BCUT2D eigenvalue weighted by molar-refractivity contribution is 0.218. The van der Waals surface area contributed by atoms with Crippen LogP contribution in [0.25, 0.3) is 11.3 Å². The fraction of sp³-hybridized carbons (Fsp3) is 0.250. The van der Waals surface area contributed by atoms with E-state index in [2.05, 4.69) is 32.8 Å². The molecule has 0 radical (unpaired) electrons. The van der Waals surface area contributed by atoms with E-state index in [1.165, 1.54) is 39.6 Å². The molecule has 2 unspecified atom stereocenters. The van der Waals surface area contributed by atoms with Gasteiger partial charge < -0.3 is 10.5 Å². The number of benzene rings is 1. The first kappa shape index (κ1) is 22.8. The molecular formula is C20H21FN8O2S. The molecule has 1 aromatic carbocycles. The summed E-state index contributed by atoms with van der Waals surface area (Å²) in [5.74, 6) is -0.189. The molecule has 0 amide bonds. The SMILES string of the molecule is C=Nc1ccc(F)cc1C(C)Oc1nc(-c2c(N(C)S(C)=O)nn(C)c2C#N)cnc1N. The molecule has 0 fully saturated rings. The monoisotopic (exact) mass is 456 g/mol. The molecule has 0 bridgehead atoms. The van der Waals surface area contributed by atoms with Crippen molar-refractivity contribution in [2.24, 2.45) is 12.0 Å². The van der Waals surface area contributed by atoms with E-state index in [0.29, 0.717) is 16.8 Å². The number of halogens is 1.